The van der Waals surface area contributed by atoms with E-state index in [-0.39, 0.29) is 5.82 Å². The number of rotatable bonds is 7. The van der Waals surface area contributed by atoms with E-state index >= 15 is 0 Å². The maximum absolute atomic E-state index is 14.4. The fourth-order valence-corrected chi connectivity index (χ4v) is 2.78. The van der Waals surface area contributed by atoms with E-state index in [4.69, 9.17) is 9.47 Å². The Hall–Kier alpha value is -2.08. The molecule has 3 rings (SSSR count). The zero-order valence-electron chi connectivity index (χ0n) is 13.8. The molecule has 0 aliphatic heterocycles. The van der Waals surface area contributed by atoms with Gasteiger partial charge in [0.2, 0.25) is 0 Å². The van der Waals surface area contributed by atoms with Crippen LogP contribution in [0.4, 0.5) is 4.39 Å². The summed E-state index contributed by atoms with van der Waals surface area (Å²) in [5.74, 6) is 0.708. The van der Waals surface area contributed by atoms with Crippen LogP contribution in [0.25, 0.3) is 0 Å². The molecule has 0 unspecified atom stereocenters. The first-order valence-electron chi connectivity index (χ1n) is 7.72. The molecule has 1 heterocycles. The first kappa shape index (κ1) is 15.8. The van der Waals surface area contributed by atoms with Crippen LogP contribution in [-0.4, -0.2) is 34.9 Å². The smallest absolute Gasteiger partial charge is 0.163 e. The van der Waals surface area contributed by atoms with Crippen LogP contribution in [0.3, 0.4) is 0 Å². The highest BCUT2D eigenvalue weighted by Gasteiger charge is 2.30. The highest BCUT2D eigenvalue weighted by Crippen LogP contribution is 2.34. The van der Waals surface area contributed by atoms with E-state index in [1.807, 2.05) is 19.4 Å². The normalized spacial score (nSPS) is 14.3. The summed E-state index contributed by atoms with van der Waals surface area (Å²) in [7, 11) is 4.97. The van der Waals surface area contributed by atoms with Crippen molar-refractivity contribution in [3.05, 3.63) is 41.5 Å². The molecule has 2 aromatic rings. The molecule has 0 atom stereocenters. The summed E-state index contributed by atoms with van der Waals surface area (Å²) in [6, 6.07) is 3.64. The molecule has 1 aromatic heterocycles. The molecule has 5 nitrogen and oxygen atoms in total. The Kier molecular flexibility index (Phi) is 4.52. The summed E-state index contributed by atoms with van der Waals surface area (Å²) in [6.07, 6.45) is 6.19. The Morgan fingerprint density at radius 3 is 2.48 bits per heavy atom. The van der Waals surface area contributed by atoms with Crippen LogP contribution in [0.5, 0.6) is 11.5 Å². The van der Waals surface area contributed by atoms with Crippen molar-refractivity contribution in [2.24, 2.45) is 7.05 Å². The molecule has 0 saturated heterocycles. The van der Waals surface area contributed by atoms with Crippen LogP contribution in [0, 0.1) is 5.82 Å². The predicted molar refractivity (Wildman–Crippen MR) is 85.0 cm³/mol. The Morgan fingerprint density at radius 2 is 1.91 bits per heavy atom. The SMILES string of the molecule is COc1cc(F)c(CN(Cc2cnn(C)c2)C2CC2)cc1OC. The molecule has 1 fully saturated rings. The van der Waals surface area contributed by atoms with Gasteiger partial charge in [-0.1, -0.05) is 0 Å². The maximum atomic E-state index is 14.4. The summed E-state index contributed by atoms with van der Waals surface area (Å²) < 4.78 is 26.6. The highest BCUT2D eigenvalue weighted by molar-refractivity contribution is 5.43. The lowest BCUT2D eigenvalue weighted by molar-refractivity contribution is 0.241. The number of methoxy groups -OCH3 is 2. The van der Waals surface area contributed by atoms with Gasteiger partial charge in [-0.2, -0.15) is 5.10 Å². The van der Waals surface area contributed by atoms with Gasteiger partial charge >= 0.3 is 0 Å². The van der Waals surface area contributed by atoms with Crippen LogP contribution in [0.1, 0.15) is 24.0 Å². The van der Waals surface area contributed by atoms with Crippen LogP contribution in [0.15, 0.2) is 24.5 Å². The Bertz CT molecular complexity index is 682. The van der Waals surface area contributed by atoms with Gasteiger partial charge in [0.25, 0.3) is 0 Å². The topological polar surface area (TPSA) is 39.5 Å². The number of ether oxygens (including phenoxy) is 2. The van der Waals surface area contributed by atoms with Gasteiger partial charge in [0, 0.05) is 49.6 Å². The standard InChI is InChI=1S/C17H22FN3O2/c1-20-9-12(8-19-20)10-21(14-4-5-14)11-13-6-16(22-2)17(23-3)7-15(13)18/h6-9,14H,4-5,10-11H2,1-3H3. The summed E-state index contributed by atoms with van der Waals surface area (Å²) in [6.45, 7) is 1.32. The van der Waals surface area contributed by atoms with Gasteiger partial charge in [0.05, 0.1) is 20.4 Å². The van der Waals surface area contributed by atoms with E-state index in [0.29, 0.717) is 29.6 Å². The molecule has 1 aliphatic carbocycles. The fraction of sp³-hybridized carbons (Fsp3) is 0.471. The minimum atomic E-state index is -0.264. The van der Waals surface area contributed by atoms with Crippen molar-refractivity contribution in [2.45, 2.75) is 32.0 Å². The van der Waals surface area contributed by atoms with Gasteiger partial charge in [-0.05, 0) is 18.9 Å². The van der Waals surface area contributed by atoms with Gasteiger partial charge < -0.3 is 9.47 Å². The van der Waals surface area contributed by atoms with Gasteiger partial charge in [0.15, 0.2) is 11.5 Å². The molecule has 6 heteroatoms. The lowest BCUT2D eigenvalue weighted by atomic mass is 10.1. The predicted octanol–water partition coefficient (Wildman–Crippen LogP) is 2.74. The van der Waals surface area contributed by atoms with Crippen molar-refractivity contribution in [1.82, 2.24) is 14.7 Å². The molecular weight excluding hydrogens is 297 g/mol. The molecule has 0 radical (unpaired) electrons. The van der Waals surface area contributed by atoms with Gasteiger partial charge in [0.1, 0.15) is 5.82 Å². The summed E-state index contributed by atoms with van der Waals surface area (Å²) in [5.41, 5.74) is 1.76. The minimum absolute atomic E-state index is 0.264. The zero-order valence-corrected chi connectivity index (χ0v) is 13.8. The number of halogens is 1. The van der Waals surface area contributed by atoms with Crippen molar-refractivity contribution in [3.63, 3.8) is 0 Å². The lowest BCUT2D eigenvalue weighted by Crippen LogP contribution is -2.25. The van der Waals surface area contributed by atoms with Crippen LogP contribution in [0.2, 0.25) is 0 Å². The molecule has 124 valence electrons. The van der Waals surface area contributed by atoms with E-state index in [9.17, 15) is 4.39 Å². The Labute approximate surface area is 135 Å². The molecular formula is C17H22FN3O2. The van der Waals surface area contributed by atoms with E-state index < -0.39 is 0 Å². The van der Waals surface area contributed by atoms with Crippen LogP contribution in [-0.2, 0) is 20.1 Å². The van der Waals surface area contributed by atoms with Gasteiger partial charge in [-0.3, -0.25) is 9.58 Å². The Morgan fingerprint density at radius 1 is 1.22 bits per heavy atom. The quantitative estimate of drug-likeness (QED) is 0.787. The number of aromatic nitrogens is 2. The average Bonchev–Trinajstić information content (AvgIpc) is 3.31. The number of nitrogens with zero attached hydrogens (tertiary/aromatic N) is 3. The van der Waals surface area contributed by atoms with Crippen molar-refractivity contribution < 1.29 is 13.9 Å². The molecule has 0 bridgehead atoms. The van der Waals surface area contributed by atoms with Crippen molar-refractivity contribution in [1.29, 1.82) is 0 Å². The van der Waals surface area contributed by atoms with E-state index in [1.165, 1.54) is 13.2 Å². The maximum Gasteiger partial charge on any atom is 0.163 e. The van der Waals surface area contributed by atoms with Crippen LogP contribution >= 0.6 is 0 Å². The molecule has 1 aliphatic rings. The summed E-state index contributed by atoms with van der Waals surface area (Å²) >= 11 is 0. The van der Waals surface area contributed by atoms with E-state index in [1.54, 1.807) is 17.9 Å². The largest absolute Gasteiger partial charge is 0.493 e. The molecule has 1 saturated carbocycles. The lowest BCUT2D eigenvalue weighted by Gasteiger charge is -2.22. The molecule has 1 aromatic carbocycles. The summed E-state index contributed by atoms with van der Waals surface area (Å²) in [4.78, 5) is 2.29. The second-order valence-electron chi connectivity index (χ2n) is 5.96. The molecule has 0 spiro atoms. The first-order chi connectivity index (χ1) is 11.1. The minimum Gasteiger partial charge on any atom is -0.493 e. The van der Waals surface area contributed by atoms with Gasteiger partial charge in [-0.15, -0.1) is 0 Å². The highest BCUT2D eigenvalue weighted by atomic mass is 19.1. The number of hydrogen-bond donors (Lipinski definition) is 0. The third kappa shape index (κ3) is 3.64. The molecule has 0 amide bonds. The second kappa shape index (κ2) is 6.58. The molecule has 0 N–H and O–H groups in total. The zero-order chi connectivity index (χ0) is 16.4. The fourth-order valence-electron chi connectivity index (χ4n) is 2.78. The van der Waals surface area contributed by atoms with Crippen LogP contribution < -0.4 is 9.47 Å². The number of aryl methyl sites for hydroxylation is 1. The monoisotopic (exact) mass is 319 g/mol. The second-order valence-corrected chi connectivity index (χ2v) is 5.96. The van der Waals surface area contributed by atoms with Gasteiger partial charge in [-0.25, -0.2) is 4.39 Å². The number of benzene rings is 1. The molecule has 23 heavy (non-hydrogen) atoms. The van der Waals surface area contributed by atoms with E-state index in [2.05, 4.69) is 10.00 Å². The van der Waals surface area contributed by atoms with Crippen molar-refractivity contribution >= 4 is 0 Å². The van der Waals surface area contributed by atoms with E-state index in [0.717, 1.165) is 24.9 Å². The average molecular weight is 319 g/mol. The number of hydrogen-bond acceptors (Lipinski definition) is 4. The third-order valence-corrected chi connectivity index (χ3v) is 4.13. The Balaban J connectivity index is 1.80. The van der Waals surface area contributed by atoms with Crippen molar-refractivity contribution in [2.75, 3.05) is 14.2 Å². The first-order valence-corrected chi connectivity index (χ1v) is 7.72. The third-order valence-electron chi connectivity index (χ3n) is 4.13. The van der Waals surface area contributed by atoms with Crippen molar-refractivity contribution in [3.8, 4) is 11.5 Å². The summed E-state index contributed by atoms with van der Waals surface area (Å²) in [5, 5.41) is 4.20.